The van der Waals surface area contributed by atoms with E-state index < -0.39 is 5.91 Å². The van der Waals surface area contributed by atoms with E-state index >= 15 is 0 Å². The Morgan fingerprint density at radius 2 is 0.902 bits per heavy atom. The molecule has 2 fully saturated rings. The van der Waals surface area contributed by atoms with Crippen LogP contribution in [0.3, 0.4) is 0 Å². The van der Waals surface area contributed by atoms with Crippen LogP contribution in [0, 0.1) is 0 Å². The van der Waals surface area contributed by atoms with Crippen LogP contribution in [0.2, 0.25) is 20.1 Å². The quantitative estimate of drug-likeness (QED) is 0.0177. The molecule has 0 unspecified atom stereocenters. The van der Waals surface area contributed by atoms with E-state index in [1.165, 1.54) is 47.7 Å². The minimum absolute atomic E-state index is 0.0332. The molecule has 35 heteroatoms. The molecule has 4 aromatic carbocycles. The van der Waals surface area contributed by atoms with Gasteiger partial charge in [-0.3, -0.25) is 19.2 Å². The minimum atomic E-state index is -0.442. The average molecular weight is 1660 g/mol. The molecule has 2 saturated heterocycles. The monoisotopic (exact) mass is 1660 g/mol. The second-order valence-electron chi connectivity index (χ2n) is 26.2. The van der Waals surface area contributed by atoms with Gasteiger partial charge < -0.3 is 80.6 Å². The van der Waals surface area contributed by atoms with E-state index in [1.54, 1.807) is 54.2 Å². The van der Waals surface area contributed by atoms with Crippen LogP contribution in [0.1, 0.15) is 102 Å². The van der Waals surface area contributed by atoms with Gasteiger partial charge in [0.15, 0.2) is 23.0 Å². The van der Waals surface area contributed by atoms with Gasteiger partial charge in [-0.15, -0.1) is 11.3 Å². The molecule has 11 N–H and O–H groups in total. The Bertz CT molecular complexity index is 5130. The van der Waals surface area contributed by atoms with Gasteiger partial charge in [-0.1, -0.05) is 93.3 Å². The number of piperidine rings is 2. The lowest BCUT2D eigenvalue weighted by Gasteiger charge is -2.23. The van der Waals surface area contributed by atoms with E-state index in [0.29, 0.717) is 65.3 Å². The molecule has 0 aliphatic carbocycles. The number of aryl methyl sites for hydroxylation is 1. The van der Waals surface area contributed by atoms with Gasteiger partial charge in [-0.25, -0.2) is 19.9 Å². The second kappa shape index (κ2) is 40.3. The van der Waals surface area contributed by atoms with Crippen molar-refractivity contribution in [2.24, 2.45) is 0 Å². The number of benzene rings is 4. The number of nitrogens with two attached hydrogens (primary N) is 4. The summed E-state index contributed by atoms with van der Waals surface area (Å²) in [7, 11) is 8.18. The molecular formula is C77H81Cl4N17O11S3. The first-order valence-corrected chi connectivity index (χ1v) is 39.4. The number of thiazole rings is 3. The van der Waals surface area contributed by atoms with Crippen molar-refractivity contribution in [1.29, 1.82) is 0 Å². The fourth-order valence-corrected chi connectivity index (χ4v) is 14.6. The third kappa shape index (κ3) is 24.4. The molecule has 586 valence electrons. The topological polar surface area (TPSA) is 398 Å². The molecule has 0 radical (unpaired) electrons. The number of pyridine rings is 1. The number of halogens is 4. The summed E-state index contributed by atoms with van der Waals surface area (Å²) in [6.07, 6.45) is 19.7. The number of aromatic nitrogens is 8. The van der Waals surface area contributed by atoms with E-state index in [-0.39, 0.29) is 95.7 Å². The number of amides is 1. The standard InChI is InChI=1S/C21H21ClN4O3.C19H19ClN4O3S.C19H21ClN4O3S.C18H20ClN5O2S/c22-17-3-1-13(9-15(17)10-19(27)18-12-28-21(23)26-18)14-2-4-20(25-11-14)29-16-5-7-24-8-6-16;20-14-2-1-11(7-12(14)8-16(25)15-10-26-18(21)24-15)17-9-23-19(28-17)27-13-3-5-22-6-4-13;1-24(2)6-3-7-26-19-22-10-17(28-19)12-4-5-14(20)13(8-12)9-16(25)15-11-27-18(21)23-15;1-24(2)7-3-4-16-21-9-15(27-16)11-5-6-12(19)13(8-11)22-17(25)14-10-26-18(20)23-14/h1-4,9,11-12,16,24H,5-8,10H2,(H2,23,26);1-2,7,9-10,13,22H,3-6,8H2,(H2,21,24);4-5,8,10-11H,3,6-7,9H2,1-2H3,(H2,21,23);5-6,8-10H,3-4,7H2,1-2H3,(H2,20,23)(H,22,25). The first kappa shape index (κ1) is 82.8. The number of carbonyl (C=O) groups is 4. The zero-order valence-electron chi connectivity index (χ0n) is 61.4. The fraction of sp³-hybridized carbons (Fsp3) is 0.299. The summed E-state index contributed by atoms with van der Waals surface area (Å²) in [6, 6.07) is 25.8. The van der Waals surface area contributed by atoms with Crippen molar-refractivity contribution < 1.29 is 51.1 Å². The highest BCUT2D eigenvalue weighted by Gasteiger charge is 2.23. The molecule has 2 aliphatic rings. The maximum Gasteiger partial charge on any atom is 0.292 e. The molecule has 0 bridgehead atoms. The first-order chi connectivity index (χ1) is 54.0. The third-order valence-corrected chi connectivity index (χ3v) is 21.6. The van der Waals surface area contributed by atoms with Crippen LogP contribution in [0.25, 0.3) is 42.4 Å². The number of anilines is 5. The summed E-state index contributed by atoms with van der Waals surface area (Å²) in [5.41, 5.74) is 29.6. The molecule has 10 heterocycles. The number of carbonyl (C=O) groups excluding carboxylic acids is 4. The number of oxazole rings is 4. The number of Topliss-reactive ketones (excluding diaryl/α,β-unsaturated/α-hetero) is 3. The largest absolute Gasteiger partial charge is 0.474 e. The molecule has 0 spiro atoms. The van der Waals surface area contributed by atoms with Crippen molar-refractivity contribution in [1.82, 2.24) is 60.3 Å². The fourth-order valence-electron chi connectivity index (χ4n) is 11.3. The molecule has 2 aliphatic heterocycles. The molecular weight excluding hydrogens is 1580 g/mol. The van der Waals surface area contributed by atoms with Gasteiger partial charge in [0.05, 0.1) is 37.0 Å². The number of ether oxygens (including phenoxy) is 3. The van der Waals surface area contributed by atoms with Gasteiger partial charge in [0.2, 0.25) is 5.88 Å². The van der Waals surface area contributed by atoms with Crippen LogP contribution in [-0.2, 0) is 25.7 Å². The maximum absolute atomic E-state index is 12.4. The molecule has 28 nitrogen and oxygen atoms in total. The van der Waals surface area contributed by atoms with Gasteiger partial charge in [-0.2, -0.15) is 19.9 Å². The van der Waals surface area contributed by atoms with Crippen molar-refractivity contribution >= 4 is 133 Å². The van der Waals surface area contributed by atoms with Gasteiger partial charge in [-0.05, 0) is 193 Å². The molecule has 12 aromatic rings. The van der Waals surface area contributed by atoms with Crippen molar-refractivity contribution in [2.75, 3.05) is 102 Å². The molecule has 8 aromatic heterocycles. The highest BCUT2D eigenvalue weighted by molar-refractivity contribution is 7.17. The smallest absolute Gasteiger partial charge is 0.292 e. The minimum Gasteiger partial charge on any atom is -0.474 e. The zero-order chi connectivity index (χ0) is 79.2. The summed E-state index contributed by atoms with van der Waals surface area (Å²) in [5, 5.41) is 13.7. The number of nitrogens with one attached hydrogen (secondary N) is 3. The van der Waals surface area contributed by atoms with E-state index in [9.17, 15) is 19.2 Å². The zero-order valence-corrected chi connectivity index (χ0v) is 66.9. The van der Waals surface area contributed by atoms with E-state index in [0.717, 1.165) is 132 Å². The molecule has 0 atom stereocenters. The number of hydrogen-bond acceptors (Lipinski definition) is 30. The summed E-state index contributed by atoms with van der Waals surface area (Å²) in [4.78, 5) is 89.6. The van der Waals surface area contributed by atoms with Crippen LogP contribution in [0.15, 0.2) is 152 Å². The second-order valence-corrected chi connectivity index (χ2v) is 30.9. The van der Waals surface area contributed by atoms with Crippen LogP contribution in [0.4, 0.5) is 29.7 Å². The number of nitrogens with zero attached hydrogens (tertiary/aromatic N) is 10. The van der Waals surface area contributed by atoms with Gasteiger partial charge >= 0.3 is 0 Å². The number of rotatable bonds is 28. The highest BCUT2D eigenvalue weighted by Crippen LogP contribution is 2.37. The lowest BCUT2D eigenvalue weighted by molar-refractivity contribution is 0.0980. The molecule has 1 amide bonds. The van der Waals surface area contributed by atoms with Gasteiger partial charge in [0.1, 0.15) is 54.3 Å². The summed E-state index contributed by atoms with van der Waals surface area (Å²) >= 11 is 29.7. The predicted octanol–water partition coefficient (Wildman–Crippen LogP) is 14.7. The number of nitrogen functional groups attached to an aromatic ring is 4. The van der Waals surface area contributed by atoms with Gasteiger partial charge in [0.25, 0.3) is 40.4 Å². The maximum atomic E-state index is 12.4. The lowest BCUT2D eigenvalue weighted by Crippen LogP contribution is -2.34. The Labute approximate surface area is 677 Å². The first-order valence-electron chi connectivity index (χ1n) is 35.4. The number of ketones is 3. The van der Waals surface area contributed by atoms with Gasteiger partial charge in [0, 0.05) is 83.7 Å². The Balaban J connectivity index is 0.000000148. The molecule has 0 saturated carbocycles. The van der Waals surface area contributed by atoms with Crippen LogP contribution in [-0.4, -0.2) is 159 Å². The SMILES string of the molecule is CN(C)CCCOc1ncc(-c2ccc(Cl)c(CC(=O)c3coc(N)n3)c2)s1.CN(C)CCCc1ncc(-c2ccc(Cl)c(NC(=O)c3coc(N)n3)c2)s1.Nc1nc(C(=O)Cc2cc(-c3ccc(OC4CCNCC4)nc3)ccc2Cl)co1.Nc1nc(C(=O)Cc2cc(-c3cnc(OC4CCNCC4)s3)ccc2Cl)co1. The van der Waals surface area contributed by atoms with Crippen molar-refractivity contribution in [2.45, 2.75) is 76.4 Å². The molecule has 14 rings (SSSR count). The number of hydrogen-bond donors (Lipinski definition) is 7. The Morgan fingerprint density at radius 3 is 1.38 bits per heavy atom. The Kier molecular flexibility index (Phi) is 29.8. The van der Waals surface area contributed by atoms with E-state index in [4.69, 9.17) is 101 Å². The van der Waals surface area contributed by atoms with E-state index in [1.807, 2.05) is 81.0 Å². The van der Waals surface area contributed by atoms with E-state index in [2.05, 4.69) is 79.7 Å². The Morgan fingerprint density at radius 1 is 0.482 bits per heavy atom. The highest BCUT2D eigenvalue weighted by atomic mass is 35.5. The summed E-state index contributed by atoms with van der Waals surface area (Å²) in [5.74, 6) is -0.461. The summed E-state index contributed by atoms with van der Waals surface area (Å²) in [6.45, 7) is 6.48. The average Bonchev–Trinajstić information content (AvgIpc) is 1.56. The predicted molar refractivity (Wildman–Crippen MR) is 437 cm³/mol. The Hall–Kier alpha value is -10.2. The van der Waals surface area contributed by atoms with Crippen molar-refractivity contribution in [3.05, 3.63) is 199 Å². The third-order valence-electron chi connectivity index (χ3n) is 17.1. The summed E-state index contributed by atoms with van der Waals surface area (Å²) < 4.78 is 37.2. The normalized spacial score (nSPS) is 13.0. The lowest BCUT2D eigenvalue weighted by atomic mass is 10.0. The van der Waals surface area contributed by atoms with Crippen LogP contribution < -0.4 is 53.1 Å². The van der Waals surface area contributed by atoms with Crippen molar-refractivity contribution in [3.8, 4) is 58.7 Å². The molecule has 112 heavy (non-hydrogen) atoms. The van der Waals surface area contributed by atoms with Crippen LogP contribution in [0.5, 0.6) is 16.3 Å². The van der Waals surface area contributed by atoms with Crippen LogP contribution >= 0.6 is 80.4 Å². The van der Waals surface area contributed by atoms with Crippen molar-refractivity contribution in [3.63, 3.8) is 0 Å².